The van der Waals surface area contributed by atoms with Crippen LogP contribution in [-0.2, 0) is 11.3 Å². The van der Waals surface area contributed by atoms with E-state index in [1.807, 2.05) is 0 Å². The maximum absolute atomic E-state index is 9.64. The van der Waals surface area contributed by atoms with Crippen molar-refractivity contribution in [1.82, 2.24) is 5.32 Å². The molecule has 0 fully saturated rings. The molecule has 0 saturated heterocycles. The number of benzene rings is 1. The van der Waals surface area contributed by atoms with Crippen LogP contribution in [0.4, 0.5) is 0 Å². The molecule has 0 saturated carbocycles. The number of nitrogens with one attached hydrogen (secondary N) is 1. The topological polar surface area (TPSA) is 61.7 Å². The first-order chi connectivity index (χ1) is 8.44. The molecule has 0 atom stereocenters. The van der Waals surface area contributed by atoms with Gasteiger partial charge in [-0.1, -0.05) is 19.9 Å². The van der Waals surface area contributed by atoms with Gasteiger partial charge in [0.25, 0.3) is 0 Å². The Morgan fingerprint density at radius 1 is 1.28 bits per heavy atom. The highest BCUT2D eigenvalue weighted by Gasteiger charge is 2.17. The summed E-state index contributed by atoms with van der Waals surface area (Å²) in [7, 11) is 1.71. The highest BCUT2D eigenvalue weighted by molar-refractivity contribution is 5.38. The first-order valence-electron chi connectivity index (χ1n) is 6.15. The van der Waals surface area contributed by atoms with Crippen LogP contribution in [0.15, 0.2) is 18.2 Å². The molecular formula is C14H23NO3. The summed E-state index contributed by atoms with van der Waals surface area (Å²) >= 11 is 0. The third-order valence-electron chi connectivity index (χ3n) is 2.97. The van der Waals surface area contributed by atoms with Crippen molar-refractivity contribution in [3.05, 3.63) is 23.8 Å². The van der Waals surface area contributed by atoms with Gasteiger partial charge in [-0.3, -0.25) is 0 Å². The molecule has 1 aromatic carbocycles. The number of hydrogen-bond acceptors (Lipinski definition) is 4. The molecule has 0 aliphatic heterocycles. The van der Waals surface area contributed by atoms with E-state index in [4.69, 9.17) is 4.74 Å². The average Bonchev–Trinajstić information content (AvgIpc) is 2.29. The first-order valence-corrected chi connectivity index (χ1v) is 6.15. The predicted molar refractivity (Wildman–Crippen MR) is 71.8 cm³/mol. The predicted octanol–water partition coefficient (Wildman–Crippen LogP) is 2.25. The summed E-state index contributed by atoms with van der Waals surface area (Å²) in [5.74, 6) is 0.203. The highest BCUT2D eigenvalue weighted by Crippen LogP contribution is 2.23. The van der Waals surface area contributed by atoms with Crippen LogP contribution in [-0.4, -0.2) is 30.5 Å². The average molecular weight is 253 g/mol. The maximum Gasteiger partial charge on any atom is 0.123 e. The van der Waals surface area contributed by atoms with Crippen LogP contribution in [0.3, 0.4) is 0 Å². The van der Waals surface area contributed by atoms with Crippen LogP contribution in [0.5, 0.6) is 11.5 Å². The number of phenolic OH excluding ortho intramolecular Hbond substituents is 2. The SMILES string of the molecule is COCCC(C)(C)CNCc1ccc(O)cc1O. The highest BCUT2D eigenvalue weighted by atomic mass is 16.5. The summed E-state index contributed by atoms with van der Waals surface area (Å²) in [5, 5.41) is 22.2. The van der Waals surface area contributed by atoms with E-state index in [2.05, 4.69) is 19.2 Å². The molecule has 0 radical (unpaired) electrons. The van der Waals surface area contributed by atoms with Gasteiger partial charge in [0.1, 0.15) is 11.5 Å². The molecular weight excluding hydrogens is 230 g/mol. The smallest absolute Gasteiger partial charge is 0.123 e. The van der Waals surface area contributed by atoms with Gasteiger partial charge in [0.15, 0.2) is 0 Å². The van der Waals surface area contributed by atoms with Gasteiger partial charge in [0.05, 0.1) is 0 Å². The van der Waals surface area contributed by atoms with Crippen LogP contribution in [0, 0.1) is 5.41 Å². The summed E-state index contributed by atoms with van der Waals surface area (Å²) < 4.78 is 5.08. The fourth-order valence-electron chi connectivity index (χ4n) is 1.70. The molecule has 18 heavy (non-hydrogen) atoms. The normalized spacial score (nSPS) is 11.7. The quantitative estimate of drug-likeness (QED) is 0.697. The molecule has 4 nitrogen and oxygen atoms in total. The number of phenols is 2. The number of hydrogen-bond donors (Lipinski definition) is 3. The van der Waals surface area contributed by atoms with Crippen LogP contribution in [0.25, 0.3) is 0 Å². The zero-order valence-corrected chi connectivity index (χ0v) is 11.4. The second kappa shape index (κ2) is 6.61. The lowest BCUT2D eigenvalue weighted by atomic mass is 9.89. The lowest BCUT2D eigenvalue weighted by Crippen LogP contribution is -2.30. The van der Waals surface area contributed by atoms with Gasteiger partial charge in [0.2, 0.25) is 0 Å². The lowest BCUT2D eigenvalue weighted by Gasteiger charge is -2.24. The fraction of sp³-hybridized carbons (Fsp3) is 0.571. The molecule has 3 N–H and O–H groups in total. The van der Waals surface area contributed by atoms with E-state index in [0.29, 0.717) is 6.54 Å². The summed E-state index contributed by atoms with van der Waals surface area (Å²) in [5.41, 5.74) is 0.943. The van der Waals surface area contributed by atoms with E-state index >= 15 is 0 Å². The van der Waals surface area contributed by atoms with Crippen LogP contribution in [0.2, 0.25) is 0 Å². The summed E-state index contributed by atoms with van der Waals surface area (Å²) in [6.07, 6.45) is 0.984. The van der Waals surface area contributed by atoms with Gasteiger partial charge < -0.3 is 20.3 Å². The van der Waals surface area contributed by atoms with Gasteiger partial charge in [0, 0.05) is 38.4 Å². The number of methoxy groups -OCH3 is 1. The molecule has 0 aromatic heterocycles. The van der Waals surface area contributed by atoms with Crippen molar-refractivity contribution in [2.75, 3.05) is 20.3 Å². The van der Waals surface area contributed by atoms with Crippen molar-refractivity contribution in [1.29, 1.82) is 0 Å². The molecule has 0 aliphatic carbocycles. The summed E-state index contributed by atoms with van der Waals surface area (Å²) in [6.45, 7) is 6.53. The lowest BCUT2D eigenvalue weighted by molar-refractivity contribution is 0.150. The molecule has 0 bridgehead atoms. The Kier molecular flexibility index (Phi) is 5.44. The Hall–Kier alpha value is -1.26. The number of ether oxygens (including phenoxy) is 1. The Morgan fingerprint density at radius 3 is 2.61 bits per heavy atom. The zero-order chi connectivity index (χ0) is 13.6. The van der Waals surface area contributed by atoms with Crippen LogP contribution in [0.1, 0.15) is 25.8 Å². The monoisotopic (exact) mass is 253 g/mol. The second-order valence-electron chi connectivity index (χ2n) is 5.32. The zero-order valence-electron chi connectivity index (χ0n) is 11.4. The molecule has 0 heterocycles. The van der Waals surface area contributed by atoms with Crippen molar-refractivity contribution < 1.29 is 14.9 Å². The maximum atomic E-state index is 9.64. The van der Waals surface area contributed by atoms with Crippen LogP contribution < -0.4 is 5.32 Å². The Morgan fingerprint density at radius 2 is 2.00 bits per heavy atom. The summed E-state index contributed by atoms with van der Waals surface area (Å²) in [6, 6.07) is 4.65. The number of rotatable bonds is 7. The molecule has 0 spiro atoms. The van der Waals surface area contributed by atoms with E-state index in [1.54, 1.807) is 19.2 Å². The summed E-state index contributed by atoms with van der Waals surface area (Å²) in [4.78, 5) is 0. The number of aromatic hydroxyl groups is 2. The standard InChI is InChI=1S/C14H23NO3/c1-14(2,6-7-18-3)10-15-9-11-4-5-12(16)8-13(11)17/h4-5,8,15-17H,6-7,9-10H2,1-3H3. The molecule has 4 heteroatoms. The third kappa shape index (κ3) is 4.94. The first kappa shape index (κ1) is 14.8. The largest absolute Gasteiger partial charge is 0.508 e. The Balaban J connectivity index is 2.41. The molecule has 1 rings (SSSR count). The van der Waals surface area contributed by atoms with E-state index in [9.17, 15) is 10.2 Å². The van der Waals surface area contributed by atoms with Gasteiger partial charge in [-0.05, 0) is 17.9 Å². The minimum atomic E-state index is 0.0803. The van der Waals surface area contributed by atoms with Gasteiger partial charge in [-0.15, -0.1) is 0 Å². The van der Waals surface area contributed by atoms with E-state index in [1.165, 1.54) is 6.07 Å². The minimum absolute atomic E-state index is 0.0803. The molecule has 0 unspecified atom stereocenters. The van der Waals surface area contributed by atoms with Crippen LogP contribution >= 0.6 is 0 Å². The van der Waals surface area contributed by atoms with E-state index < -0.39 is 0 Å². The van der Waals surface area contributed by atoms with Crippen molar-refractivity contribution in [3.63, 3.8) is 0 Å². The van der Waals surface area contributed by atoms with Crippen molar-refractivity contribution in [3.8, 4) is 11.5 Å². The van der Waals surface area contributed by atoms with Crippen molar-refractivity contribution in [2.45, 2.75) is 26.8 Å². The molecule has 0 aliphatic rings. The van der Waals surface area contributed by atoms with Gasteiger partial charge >= 0.3 is 0 Å². The van der Waals surface area contributed by atoms with Crippen molar-refractivity contribution in [2.24, 2.45) is 5.41 Å². The fourth-order valence-corrected chi connectivity index (χ4v) is 1.70. The van der Waals surface area contributed by atoms with Gasteiger partial charge in [-0.2, -0.15) is 0 Å². The van der Waals surface area contributed by atoms with Crippen molar-refractivity contribution >= 4 is 0 Å². The Labute approximate surface area is 109 Å². The Bertz CT molecular complexity index is 377. The van der Waals surface area contributed by atoms with Gasteiger partial charge in [-0.25, -0.2) is 0 Å². The molecule has 1 aromatic rings. The second-order valence-corrected chi connectivity index (χ2v) is 5.32. The molecule has 102 valence electrons. The van der Waals surface area contributed by atoms with E-state index in [0.717, 1.165) is 25.1 Å². The molecule has 0 amide bonds. The minimum Gasteiger partial charge on any atom is -0.508 e. The van der Waals surface area contributed by atoms with E-state index in [-0.39, 0.29) is 16.9 Å². The third-order valence-corrected chi connectivity index (χ3v) is 2.97.